The molecule has 4 nitrogen and oxygen atoms in total. The zero-order valence-corrected chi connectivity index (χ0v) is 10.2. The van der Waals surface area contributed by atoms with E-state index in [4.69, 9.17) is 4.74 Å². The molecule has 0 aromatic heterocycles. The molecule has 1 aromatic carbocycles. The van der Waals surface area contributed by atoms with Crippen LogP contribution in [0.25, 0.3) is 0 Å². The van der Waals surface area contributed by atoms with E-state index in [1.54, 1.807) is 0 Å². The molecule has 0 aliphatic carbocycles. The van der Waals surface area contributed by atoms with Gasteiger partial charge in [0.1, 0.15) is 5.60 Å². The van der Waals surface area contributed by atoms with E-state index >= 15 is 0 Å². The van der Waals surface area contributed by atoms with E-state index in [1.165, 1.54) is 0 Å². The number of nitrogens with zero attached hydrogens (tertiary/aromatic N) is 1. The van der Waals surface area contributed by atoms with Crippen LogP contribution in [0.4, 0.5) is 10.5 Å². The topological polar surface area (TPSA) is 41.6 Å². The van der Waals surface area contributed by atoms with Crippen LogP contribution in [-0.2, 0) is 10.3 Å². The summed E-state index contributed by atoms with van der Waals surface area (Å²) in [4.78, 5) is 13.8. The number of nitrogens with one attached hydrogen (secondary N) is 1. The van der Waals surface area contributed by atoms with Crippen molar-refractivity contribution in [2.75, 3.05) is 18.4 Å². The van der Waals surface area contributed by atoms with Gasteiger partial charge in [-0.15, -0.1) is 0 Å². The highest BCUT2D eigenvalue weighted by Crippen LogP contribution is 2.43. The van der Waals surface area contributed by atoms with Crippen LogP contribution in [0.3, 0.4) is 0 Å². The molecule has 1 fully saturated rings. The Morgan fingerprint density at radius 3 is 2.78 bits per heavy atom. The van der Waals surface area contributed by atoms with Gasteiger partial charge in [0.15, 0.2) is 0 Å². The fourth-order valence-corrected chi connectivity index (χ4v) is 2.80. The van der Waals surface area contributed by atoms with Crippen LogP contribution < -0.4 is 5.32 Å². The highest BCUT2D eigenvalue weighted by Gasteiger charge is 2.43. The molecule has 2 aliphatic heterocycles. The van der Waals surface area contributed by atoms with Crippen LogP contribution in [-0.4, -0.2) is 24.1 Å². The number of rotatable bonds is 1. The molecule has 4 heteroatoms. The average Bonchev–Trinajstić information content (AvgIpc) is 2.39. The zero-order valence-electron chi connectivity index (χ0n) is 10.2. The number of benzene rings is 1. The van der Waals surface area contributed by atoms with Crippen molar-refractivity contribution in [3.8, 4) is 0 Å². The van der Waals surface area contributed by atoms with E-state index < -0.39 is 5.60 Å². The van der Waals surface area contributed by atoms with E-state index in [0.29, 0.717) is 0 Å². The number of carbonyl (C=O) groups is 1. The molecule has 1 aromatic rings. The third kappa shape index (κ3) is 1.65. The lowest BCUT2D eigenvalue weighted by atomic mass is 9.82. The number of piperidine rings is 1. The van der Waals surface area contributed by atoms with Crippen LogP contribution in [0.15, 0.2) is 37.0 Å². The van der Waals surface area contributed by atoms with Crippen molar-refractivity contribution < 1.29 is 9.53 Å². The summed E-state index contributed by atoms with van der Waals surface area (Å²) >= 11 is 0. The predicted molar refractivity (Wildman–Crippen MR) is 69.2 cm³/mol. The summed E-state index contributed by atoms with van der Waals surface area (Å²) in [7, 11) is 0. The third-order valence-electron chi connectivity index (χ3n) is 3.81. The Labute approximate surface area is 106 Å². The van der Waals surface area contributed by atoms with Gasteiger partial charge in [-0.3, -0.25) is 5.32 Å². The quantitative estimate of drug-likeness (QED) is 0.825. The minimum Gasteiger partial charge on any atom is -0.438 e. The molecule has 2 aliphatic rings. The van der Waals surface area contributed by atoms with Crippen LogP contribution >= 0.6 is 0 Å². The number of carbonyl (C=O) groups excluding carboxylic acids is 1. The number of hydrogen-bond acceptors (Lipinski definition) is 3. The lowest BCUT2D eigenvalue weighted by molar-refractivity contribution is -0.0299. The summed E-state index contributed by atoms with van der Waals surface area (Å²) in [6.45, 7) is 5.52. The first-order valence-corrected chi connectivity index (χ1v) is 6.20. The van der Waals surface area contributed by atoms with Crippen LogP contribution in [0.2, 0.25) is 0 Å². The molecule has 3 rings (SSSR count). The molecule has 0 radical (unpaired) electrons. The fraction of sp³-hybridized carbons (Fsp3) is 0.357. The Hall–Kier alpha value is -1.97. The number of para-hydroxylation sites is 1. The first kappa shape index (κ1) is 11.1. The number of ether oxygens (including phenoxy) is 1. The summed E-state index contributed by atoms with van der Waals surface area (Å²) in [5.74, 6) is 0. The molecule has 2 heterocycles. The van der Waals surface area contributed by atoms with E-state index in [-0.39, 0.29) is 6.09 Å². The third-order valence-corrected chi connectivity index (χ3v) is 3.81. The van der Waals surface area contributed by atoms with Crippen molar-refractivity contribution in [2.24, 2.45) is 0 Å². The normalized spacial score (nSPS) is 20.9. The van der Waals surface area contributed by atoms with Gasteiger partial charge in [-0.1, -0.05) is 24.8 Å². The molecule has 1 saturated heterocycles. The molecule has 1 N–H and O–H groups in total. The summed E-state index contributed by atoms with van der Waals surface area (Å²) in [5, 5.41) is 2.76. The Kier molecular flexibility index (Phi) is 2.51. The van der Waals surface area contributed by atoms with E-state index in [2.05, 4.69) is 16.8 Å². The van der Waals surface area contributed by atoms with Gasteiger partial charge in [0.25, 0.3) is 0 Å². The van der Waals surface area contributed by atoms with Gasteiger partial charge in [0.05, 0.1) is 5.69 Å². The minimum atomic E-state index is -0.460. The maximum absolute atomic E-state index is 11.7. The average molecular weight is 244 g/mol. The number of likely N-dealkylation sites (tertiary alicyclic amines) is 1. The van der Waals surface area contributed by atoms with Crippen LogP contribution in [0, 0.1) is 0 Å². The van der Waals surface area contributed by atoms with Crippen molar-refractivity contribution in [3.63, 3.8) is 0 Å². The second-order valence-electron chi connectivity index (χ2n) is 4.77. The van der Waals surface area contributed by atoms with Gasteiger partial charge in [-0.25, -0.2) is 4.79 Å². The Morgan fingerprint density at radius 2 is 2.06 bits per heavy atom. The van der Waals surface area contributed by atoms with Crippen LogP contribution in [0.5, 0.6) is 0 Å². The Morgan fingerprint density at radius 1 is 1.33 bits per heavy atom. The number of anilines is 1. The van der Waals surface area contributed by atoms with Gasteiger partial charge < -0.3 is 9.64 Å². The van der Waals surface area contributed by atoms with Gasteiger partial charge in [-0.2, -0.15) is 0 Å². The molecule has 94 valence electrons. The summed E-state index contributed by atoms with van der Waals surface area (Å²) < 4.78 is 5.62. The van der Waals surface area contributed by atoms with E-state index in [9.17, 15) is 4.79 Å². The molecule has 0 atom stereocenters. The Balaban J connectivity index is 1.97. The molecule has 1 amide bonds. The fourth-order valence-electron chi connectivity index (χ4n) is 2.80. The molecule has 1 spiro atoms. The predicted octanol–water partition coefficient (Wildman–Crippen LogP) is 2.68. The van der Waals surface area contributed by atoms with E-state index in [1.807, 2.05) is 30.5 Å². The van der Waals surface area contributed by atoms with Crippen LogP contribution in [0.1, 0.15) is 18.4 Å². The minimum absolute atomic E-state index is 0.347. The molecule has 18 heavy (non-hydrogen) atoms. The maximum Gasteiger partial charge on any atom is 0.412 e. The highest BCUT2D eigenvalue weighted by atomic mass is 16.6. The van der Waals surface area contributed by atoms with Gasteiger partial charge >= 0.3 is 6.09 Å². The lowest BCUT2D eigenvalue weighted by Gasteiger charge is -2.43. The molecule has 0 saturated carbocycles. The second-order valence-corrected chi connectivity index (χ2v) is 4.77. The second kappa shape index (κ2) is 4.05. The summed E-state index contributed by atoms with van der Waals surface area (Å²) in [5.41, 5.74) is 1.51. The standard InChI is InChI=1S/C14H16N2O2/c1-2-16-9-7-14(8-10-16)11-5-3-4-6-12(11)15-13(17)18-14/h2-6H,1,7-10H2,(H,15,17). The molecule has 0 bridgehead atoms. The van der Waals surface area contributed by atoms with Gasteiger partial charge in [-0.05, 0) is 12.3 Å². The van der Waals surface area contributed by atoms with Crippen molar-refractivity contribution >= 4 is 11.8 Å². The highest BCUT2D eigenvalue weighted by molar-refractivity contribution is 5.88. The number of amides is 1. The monoisotopic (exact) mass is 244 g/mol. The molecular weight excluding hydrogens is 228 g/mol. The van der Waals surface area contributed by atoms with Gasteiger partial charge in [0.2, 0.25) is 0 Å². The van der Waals surface area contributed by atoms with Crippen molar-refractivity contribution in [3.05, 3.63) is 42.6 Å². The number of fused-ring (bicyclic) bond motifs is 2. The Bertz CT molecular complexity index is 490. The van der Waals surface area contributed by atoms with Crippen molar-refractivity contribution in [1.29, 1.82) is 0 Å². The molecule has 0 unspecified atom stereocenters. The maximum atomic E-state index is 11.7. The lowest BCUT2D eigenvalue weighted by Crippen LogP contribution is -2.47. The summed E-state index contributed by atoms with van der Waals surface area (Å²) in [6.07, 6.45) is 3.12. The largest absolute Gasteiger partial charge is 0.438 e. The number of hydrogen-bond donors (Lipinski definition) is 1. The first-order chi connectivity index (χ1) is 8.73. The zero-order chi connectivity index (χ0) is 12.6. The van der Waals surface area contributed by atoms with Crippen molar-refractivity contribution in [2.45, 2.75) is 18.4 Å². The smallest absolute Gasteiger partial charge is 0.412 e. The SMILES string of the molecule is C=CN1CCC2(CC1)OC(=O)Nc1ccccc12. The summed E-state index contributed by atoms with van der Waals surface area (Å²) in [6, 6.07) is 7.88. The van der Waals surface area contributed by atoms with Gasteiger partial charge in [0, 0.05) is 31.5 Å². The first-order valence-electron chi connectivity index (χ1n) is 6.20. The molecular formula is C14H16N2O2. The van der Waals surface area contributed by atoms with Crippen molar-refractivity contribution in [1.82, 2.24) is 4.90 Å². The van der Waals surface area contributed by atoms with E-state index in [0.717, 1.165) is 37.2 Å².